The Kier molecular flexibility index (Phi) is 2.00. The highest BCUT2D eigenvalue weighted by Gasteiger charge is 2.12. The van der Waals surface area contributed by atoms with Crippen molar-refractivity contribution in [2.24, 2.45) is 0 Å². The van der Waals surface area contributed by atoms with Gasteiger partial charge < -0.3 is 9.64 Å². The molecule has 5 heteroatoms. The van der Waals surface area contributed by atoms with Crippen molar-refractivity contribution in [2.75, 3.05) is 31.2 Å². The van der Waals surface area contributed by atoms with Gasteiger partial charge in [-0.25, -0.2) is 0 Å². The van der Waals surface area contributed by atoms with Gasteiger partial charge in [0.05, 0.1) is 31.1 Å². The summed E-state index contributed by atoms with van der Waals surface area (Å²) in [5.74, 6) is 0.985. The van der Waals surface area contributed by atoms with Gasteiger partial charge in [0.15, 0.2) is 5.82 Å². The SMILES string of the molecule is c1nsnc1N1CCOCC1. The summed E-state index contributed by atoms with van der Waals surface area (Å²) in [6.45, 7) is 3.48. The molecule has 0 aromatic carbocycles. The number of hydrogen-bond acceptors (Lipinski definition) is 5. The number of ether oxygens (including phenoxy) is 1. The van der Waals surface area contributed by atoms with Crippen LogP contribution < -0.4 is 4.90 Å². The monoisotopic (exact) mass is 171 g/mol. The smallest absolute Gasteiger partial charge is 0.162 e. The topological polar surface area (TPSA) is 38.2 Å². The first-order valence-corrected chi connectivity index (χ1v) is 4.30. The third-order valence-electron chi connectivity index (χ3n) is 1.68. The summed E-state index contributed by atoms with van der Waals surface area (Å²) in [5, 5.41) is 0. The second kappa shape index (κ2) is 3.15. The predicted molar refractivity (Wildman–Crippen MR) is 42.9 cm³/mol. The largest absolute Gasteiger partial charge is 0.378 e. The van der Waals surface area contributed by atoms with E-state index < -0.39 is 0 Å². The minimum absolute atomic E-state index is 0.803. The van der Waals surface area contributed by atoms with Crippen molar-refractivity contribution >= 4 is 17.5 Å². The van der Waals surface area contributed by atoms with Gasteiger partial charge in [-0.2, -0.15) is 8.75 Å². The maximum absolute atomic E-state index is 5.21. The van der Waals surface area contributed by atoms with E-state index in [-0.39, 0.29) is 0 Å². The molecule has 0 radical (unpaired) electrons. The molecular formula is C6H9N3OS. The van der Waals surface area contributed by atoms with Crippen molar-refractivity contribution in [1.29, 1.82) is 0 Å². The average molecular weight is 171 g/mol. The summed E-state index contributed by atoms with van der Waals surface area (Å²) in [7, 11) is 0. The second-order valence-corrected chi connectivity index (χ2v) is 2.92. The van der Waals surface area contributed by atoms with E-state index in [0.29, 0.717) is 0 Å². The lowest BCUT2D eigenvalue weighted by atomic mass is 10.4. The first-order valence-electron chi connectivity index (χ1n) is 3.57. The average Bonchev–Trinajstić information content (AvgIpc) is 2.58. The molecule has 0 N–H and O–H groups in total. The van der Waals surface area contributed by atoms with Gasteiger partial charge in [0.2, 0.25) is 0 Å². The van der Waals surface area contributed by atoms with Crippen LogP contribution in [0.5, 0.6) is 0 Å². The fourth-order valence-electron chi connectivity index (χ4n) is 1.09. The molecule has 0 bridgehead atoms. The molecule has 0 unspecified atom stereocenters. The zero-order valence-corrected chi connectivity index (χ0v) is 6.88. The molecule has 4 nitrogen and oxygen atoms in total. The van der Waals surface area contributed by atoms with Crippen LogP contribution in [-0.4, -0.2) is 35.1 Å². The van der Waals surface area contributed by atoms with Crippen LogP contribution in [0.15, 0.2) is 6.20 Å². The van der Waals surface area contributed by atoms with Crippen LogP contribution >= 0.6 is 11.7 Å². The highest BCUT2D eigenvalue weighted by atomic mass is 32.1. The Morgan fingerprint density at radius 3 is 2.91 bits per heavy atom. The van der Waals surface area contributed by atoms with E-state index in [9.17, 15) is 0 Å². The molecule has 0 spiro atoms. The fraction of sp³-hybridized carbons (Fsp3) is 0.667. The van der Waals surface area contributed by atoms with Crippen LogP contribution in [0.2, 0.25) is 0 Å². The van der Waals surface area contributed by atoms with Crippen LogP contribution in [0, 0.1) is 0 Å². The van der Waals surface area contributed by atoms with Crippen LogP contribution in [0.25, 0.3) is 0 Å². The molecule has 60 valence electrons. The molecule has 1 aliphatic rings. The lowest BCUT2D eigenvalue weighted by Crippen LogP contribution is -2.36. The van der Waals surface area contributed by atoms with Crippen LogP contribution in [0.4, 0.5) is 5.82 Å². The number of morpholine rings is 1. The van der Waals surface area contributed by atoms with Gasteiger partial charge in [0.25, 0.3) is 0 Å². The van der Waals surface area contributed by atoms with Gasteiger partial charge in [-0.05, 0) is 0 Å². The fourth-order valence-corrected chi connectivity index (χ4v) is 1.53. The van der Waals surface area contributed by atoms with E-state index in [0.717, 1.165) is 32.1 Å². The zero-order chi connectivity index (χ0) is 7.52. The molecule has 1 fully saturated rings. The molecule has 1 aromatic rings. The Morgan fingerprint density at radius 1 is 1.45 bits per heavy atom. The van der Waals surface area contributed by atoms with Crippen molar-refractivity contribution < 1.29 is 4.74 Å². The van der Waals surface area contributed by atoms with E-state index in [1.54, 1.807) is 6.20 Å². The van der Waals surface area contributed by atoms with Crippen molar-refractivity contribution in [2.45, 2.75) is 0 Å². The molecule has 1 saturated heterocycles. The van der Waals surface area contributed by atoms with Crippen molar-refractivity contribution in [3.63, 3.8) is 0 Å². The minimum Gasteiger partial charge on any atom is -0.378 e. The van der Waals surface area contributed by atoms with Gasteiger partial charge in [-0.15, -0.1) is 0 Å². The van der Waals surface area contributed by atoms with Gasteiger partial charge in [-0.1, -0.05) is 0 Å². The van der Waals surface area contributed by atoms with Crippen LogP contribution in [-0.2, 0) is 4.74 Å². The normalized spacial score (nSPS) is 18.7. The molecular weight excluding hydrogens is 162 g/mol. The van der Waals surface area contributed by atoms with Gasteiger partial charge in [0.1, 0.15) is 0 Å². The maximum Gasteiger partial charge on any atom is 0.162 e. The summed E-state index contributed by atoms with van der Waals surface area (Å²) < 4.78 is 13.3. The molecule has 11 heavy (non-hydrogen) atoms. The van der Waals surface area contributed by atoms with Gasteiger partial charge in [0, 0.05) is 13.1 Å². The molecule has 0 amide bonds. The van der Waals surface area contributed by atoms with E-state index in [1.165, 1.54) is 11.7 Å². The molecule has 1 aromatic heterocycles. The summed E-state index contributed by atoms with van der Waals surface area (Å²) in [6, 6.07) is 0. The summed E-state index contributed by atoms with van der Waals surface area (Å²) in [6.07, 6.45) is 1.80. The van der Waals surface area contributed by atoms with Crippen molar-refractivity contribution in [3.05, 3.63) is 6.20 Å². The Balaban J connectivity index is 2.04. The first-order chi connectivity index (χ1) is 5.47. The first kappa shape index (κ1) is 7.00. The molecule has 1 aliphatic heterocycles. The zero-order valence-electron chi connectivity index (χ0n) is 6.06. The number of aromatic nitrogens is 2. The van der Waals surface area contributed by atoms with Gasteiger partial charge >= 0.3 is 0 Å². The summed E-state index contributed by atoms with van der Waals surface area (Å²) in [4.78, 5) is 2.19. The number of anilines is 1. The minimum atomic E-state index is 0.803. The quantitative estimate of drug-likeness (QED) is 0.612. The molecule has 0 saturated carbocycles. The van der Waals surface area contributed by atoms with E-state index in [2.05, 4.69) is 13.6 Å². The third-order valence-corrected chi connectivity index (χ3v) is 2.15. The molecule has 0 atom stereocenters. The van der Waals surface area contributed by atoms with E-state index >= 15 is 0 Å². The Hall–Kier alpha value is -0.680. The number of hydrogen-bond donors (Lipinski definition) is 0. The predicted octanol–water partition coefficient (Wildman–Crippen LogP) is 0.375. The standard InChI is InChI=1S/C6H9N3OS/c1-3-10-4-2-9(1)6-5-7-11-8-6/h5H,1-4H2. The highest BCUT2D eigenvalue weighted by Crippen LogP contribution is 2.11. The molecule has 2 rings (SSSR count). The lowest BCUT2D eigenvalue weighted by molar-refractivity contribution is 0.122. The van der Waals surface area contributed by atoms with Crippen LogP contribution in [0.1, 0.15) is 0 Å². The van der Waals surface area contributed by atoms with Crippen molar-refractivity contribution in [3.8, 4) is 0 Å². The molecule has 2 heterocycles. The second-order valence-electron chi connectivity index (χ2n) is 2.37. The van der Waals surface area contributed by atoms with Crippen LogP contribution in [0.3, 0.4) is 0 Å². The third kappa shape index (κ3) is 1.49. The Bertz CT molecular complexity index is 208. The Morgan fingerprint density at radius 2 is 2.27 bits per heavy atom. The number of rotatable bonds is 1. The van der Waals surface area contributed by atoms with E-state index in [1.807, 2.05) is 0 Å². The lowest BCUT2D eigenvalue weighted by Gasteiger charge is -2.25. The van der Waals surface area contributed by atoms with Gasteiger partial charge in [-0.3, -0.25) is 0 Å². The Labute approximate surface area is 69.1 Å². The summed E-state index contributed by atoms with van der Waals surface area (Å²) >= 11 is 1.25. The number of nitrogens with zero attached hydrogens (tertiary/aromatic N) is 3. The van der Waals surface area contributed by atoms with Crippen molar-refractivity contribution in [1.82, 2.24) is 8.75 Å². The summed E-state index contributed by atoms with van der Waals surface area (Å²) in [5.41, 5.74) is 0. The van der Waals surface area contributed by atoms with E-state index in [4.69, 9.17) is 4.74 Å². The highest BCUT2D eigenvalue weighted by molar-refractivity contribution is 6.99. The molecule has 0 aliphatic carbocycles. The maximum atomic E-state index is 5.21.